The molecule has 2 amide bonds. The normalized spacial score (nSPS) is 10.1. The van der Waals surface area contributed by atoms with E-state index in [2.05, 4.69) is 5.32 Å². The zero-order chi connectivity index (χ0) is 17.5. The molecule has 124 valence electrons. The number of hydrogen-bond acceptors (Lipinski definition) is 2. The van der Waals surface area contributed by atoms with Crippen LogP contribution in [0.15, 0.2) is 91.0 Å². The van der Waals surface area contributed by atoms with E-state index in [9.17, 15) is 9.59 Å². The minimum absolute atomic E-state index is 0.325. The first-order valence-corrected chi connectivity index (χ1v) is 8.01. The number of nitrogens with one attached hydrogen (secondary N) is 1. The Kier molecular flexibility index (Phi) is 5.22. The quantitative estimate of drug-likeness (QED) is 0.739. The molecule has 0 bridgehead atoms. The van der Waals surface area contributed by atoms with Gasteiger partial charge < -0.3 is 5.32 Å². The topological polar surface area (TPSA) is 49.4 Å². The van der Waals surface area contributed by atoms with Gasteiger partial charge in [0, 0.05) is 11.4 Å². The minimum Gasteiger partial charge on any atom is -0.318 e. The Bertz CT molecular complexity index is 834. The second kappa shape index (κ2) is 7.93. The highest BCUT2D eigenvalue weighted by atomic mass is 16.2. The number of para-hydroxylation sites is 2. The third kappa shape index (κ3) is 4.32. The summed E-state index contributed by atoms with van der Waals surface area (Å²) in [5.74, 6) is -1.26. The van der Waals surface area contributed by atoms with E-state index in [1.165, 1.54) is 4.90 Å². The lowest BCUT2D eigenvalue weighted by Gasteiger charge is -2.22. The minimum atomic E-state index is -0.661. The first kappa shape index (κ1) is 16.5. The summed E-state index contributed by atoms with van der Waals surface area (Å²) >= 11 is 0. The predicted octanol–water partition coefficient (Wildman–Crippen LogP) is 3.86. The van der Waals surface area contributed by atoms with Crippen LogP contribution in [0.4, 0.5) is 11.4 Å². The maximum Gasteiger partial charge on any atom is 0.316 e. The van der Waals surface area contributed by atoms with Crippen molar-refractivity contribution >= 4 is 23.2 Å². The Hall–Kier alpha value is -3.40. The summed E-state index contributed by atoms with van der Waals surface area (Å²) < 4.78 is 0. The summed E-state index contributed by atoms with van der Waals surface area (Å²) in [6, 6.07) is 27.7. The fourth-order valence-electron chi connectivity index (χ4n) is 2.48. The SMILES string of the molecule is O=C(Nc1ccccc1)C(=O)N(Cc1ccccc1)c1ccccc1. The summed E-state index contributed by atoms with van der Waals surface area (Å²) in [7, 11) is 0. The highest BCUT2D eigenvalue weighted by Gasteiger charge is 2.23. The third-order valence-electron chi connectivity index (χ3n) is 3.72. The van der Waals surface area contributed by atoms with Crippen LogP contribution in [0.5, 0.6) is 0 Å². The lowest BCUT2D eigenvalue weighted by molar-refractivity contribution is -0.134. The Morgan fingerprint density at radius 1 is 0.720 bits per heavy atom. The molecule has 0 atom stereocenters. The molecule has 0 fully saturated rings. The molecule has 0 saturated carbocycles. The van der Waals surface area contributed by atoms with E-state index in [4.69, 9.17) is 0 Å². The van der Waals surface area contributed by atoms with Crippen LogP contribution in [-0.4, -0.2) is 11.8 Å². The molecule has 0 unspecified atom stereocenters. The van der Waals surface area contributed by atoms with Crippen molar-refractivity contribution in [2.45, 2.75) is 6.54 Å². The molecule has 0 aromatic heterocycles. The number of rotatable bonds is 4. The highest BCUT2D eigenvalue weighted by Crippen LogP contribution is 2.18. The second-order valence-electron chi connectivity index (χ2n) is 5.53. The van der Waals surface area contributed by atoms with Gasteiger partial charge in [-0.25, -0.2) is 0 Å². The van der Waals surface area contributed by atoms with Crippen LogP contribution in [0.25, 0.3) is 0 Å². The van der Waals surface area contributed by atoms with Gasteiger partial charge >= 0.3 is 11.8 Å². The zero-order valence-corrected chi connectivity index (χ0v) is 13.6. The molecule has 0 aliphatic rings. The van der Waals surface area contributed by atoms with Crippen LogP contribution in [0.2, 0.25) is 0 Å². The van der Waals surface area contributed by atoms with Crippen molar-refractivity contribution < 1.29 is 9.59 Å². The van der Waals surface area contributed by atoms with E-state index >= 15 is 0 Å². The molecule has 0 aliphatic carbocycles. The fourth-order valence-corrected chi connectivity index (χ4v) is 2.48. The Morgan fingerprint density at radius 3 is 1.84 bits per heavy atom. The van der Waals surface area contributed by atoms with Crippen LogP contribution >= 0.6 is 0 Å². The standard InChI is InChI=1S/C21H18N2O2/c24-20(22-18-12-6-2-7-13-18)21(25)23(19-14-8-3-9-15-19)16-17-10-4-1-5-11-17/h1-15H,16H2,(H,22,24). The van der Waals surface area contributed by atoms with Gasteiger partial charge in [-0.05, 0) is 29.8 Å². The number of amides is 2. The molecule has 4 nitrogen and oxygen atoms in total. The Balaban J connectivity index is 1.83. The molecule has 3 aromatic rings. The number of benzene rings is 3. The van der Waals surface area contributed by atoms with Gasteiger partial charge in [-0.1, -0.05) is 66.7 Å². The van der Waals surface area contributed by atoms with Gasteiger partial charge in [0.15, 0.2) is 0 Å². The van der Waals surface area contributed by atoms with Gasteiger partial charge in [0.2, 0.25) is 0 Å². The van der Waals surface area contributed by atoms with Gasteiger partial charge in [0.25, 0.3) is 0 Å². The largest absolute Gasteiger partial charge is 0.318 e. The molecule has 4 heteroatoms. The predicted molar refractivity (Wildman–Crippen MR) is 99.1 cm³/mol. The van der Waals surface area contributed by atoms with Crippen molar-refractivity contribution in [3.05, 3.63) is 96.6 Å². The molecule has 0 heterocycles. The molecular weight excluding hydrogens is 312 g/mol. The van der Waals surface area contributed by atoms with Gasteiger partial charge in [0.1, 0.15) is 0 Å². The van der Waals surface area contributed by atoms with Gasteiger partial charge in [-0.3, -0.25) is 14.5 Å². The van der Waals surface area contributed by atoms with Gasteiger partial charge in [-0.15, -0.1) is 0 Å². The number of carbonyl (C=O) groups is 2. The van der Waals surface area contributed by atoms with Crippen molar-refractivity contribution in [3.63, 3.8) is 0 Å². The summed E-state index contributed by atoms with van der Waals surface area (Å²) in [5, 5.41) is 2.65. The first-order chi connectivity index (χ1) is 12.2. The molecule has 0 saturated heterocycles. The molecular formula is C21H18N2O2. The van der Waals surface area contributed by atoms with E-state index in [0.29, 0.717) is 17.9 Å². The zero-order valence-electron chi connectivity index (χ0n) is 13.6. The smallest absolute Gasteiger partial charge is 0.316 e. The fraction of sp³-hybridized carbons (Fsp3) is 0.0476. The number of carbonyl (C=O) groups excluding carboxylic acids is 2. The lowest BCUT2D eigenvalue weighted by atomic mass is 10.2. The molecule has 0 spiro atoms. The maximum atomic E-state index is 12.8. The van der Waals surface area contributed by atoms with Crippen LogP contribution in [-0.2, 0) is 16.1 Å². The van der Waals surface area contributed by atoms with E-state index in [1.807, 2.05) is 66.7 Å². The first-order valence-electron chi connectivity index (χ1n) is 8.01. The molecule has 0 aliphatic heterocycles. The van der Waals surface area contributed by atoms with Crippen LogP contribution in [0.3, 0.4) is 0 Å². The van der Waals surface area contributed by atoms with E-state index in [0.717, 1.165) is 5.56 Å². The number of hydrogen-bond donors (Lipinski definition) is 1. The van der Waals surface area contributed by atoms with Crippen molar-refractivity contribution in [2.24, 2.45) is 0 Å². The second-order valence-corrected chi connectivity index (χ2v) is 5.53. The van der Waals surface area contributed by atoms with Gasteiger partial charge in [-0.2, -0.15) is 0 Å². The van der Waals surface area contributed by atoms with E-state index in [-0.39, 0.29) is 0 Å². The molecule has 1 N–H and O–H groups in total. The van der Waals surface area contributed by atoms with Crippen molar-refractivity contribution in [3.8, 4) is 0 Å². The van der Waals surface area contributed by atoms with Crippen molar-refractivity contribution in [1.82, 2.24) is 0 Å². The van der Waals surface area contributed by atoms with Gasteiger partial charge in [0.05, 0.1) is 6.54 Å². The summed E-state index contributed by atoms with van der Waals surface area (Å²) in [6.07, 6.45) is 0. The van der Waals surface area contributed by atoms with E-state index in [1.54, 1.807) is 24.3 Å². The molecule has 25 heavy (non-hydrogen) atoms. The molecule has 3 rings (SSSR count). The number of anilines is 2. The molecule has 3 aromatic carbocycles. The lowest BCUT2D eigenvalue weighted by Crippen LogP contribution is -2.39. The number of nitrogens with zero attached hydrogens (tertiary/aromatic N) is 1. The van der Waals surface area contributed by atoms with Crippen LogP contribution in [0.1, 0.15) is 5.56 Å². The van der Waals surface area contributed by atoms with Crippen molar-refractivity contribution in [2.75, 3.05) is 10.2 Å². The Labute approximate surface area is 146 Å². The summed E-state index contributed by atoms with van der Waals surface area (Å²) in [6.45, 7) is 0.325. The maximum absolute atomic E-state index is 12.8. The van der Waals surface area contributed by atoms with Crippen LogP contribution < -0.4 is 10.2 Å². The summed E-state index contributed by atoms with van der Waals surface area (Å²) in [5.41, 5.74) is 2.22. The van der Waals surface area contributed by atoms with Crippen molar-refractivity contribution in [1.29, 1.82) is 0 Å². The Morgan fingerprint density at radius 2 is 1.24 bits per heavy atom. The highest BCUT2D eigenvalue weighted by molar-refractivity contribution is 6.44. The third-order valence-corrected chi connectivity index (χ3v) is 3.72. The summed E-state index contributed by atoms with van der Waals surface area (Å²) in [4.78, 5) is 26.7. The average Bonchev–Trinajstić information content (AvgIpc) is 2.68. The monoisotopic (exact) mass is 330 g/mol. The van der Waals surface area contributed by atoms with E-state index < -0.39 is 11.8 Å². The average molecular weight is 330 g/mol. The molecule has 0 radical (unpaired) electrons. The van der Waals surface area contributed by atoms with Crippen LogP contribution in [0, 0.1) is 0 Å².